The van der Waals surface area contributed by atoms with Crippen LogP contribution in [0.2, 0.25) is 0 Å². The number of benzene rings is 1. The predicted molar refractivity (Wildman–Crippen MR) is 102 cm³/mol. The zero-order valence-corrected chi connectivity index (χ0v) is 15.2. The van der Waals surface area contributed by atoms with Crippen LogP contribution in [-0.2, 0) is 4.74 Å². The number of hydrogen-bond acceptors (Lipinski definition) is 7. The third-order valence-corrected chi connectivity index (χ3v) is 5.76. The molecule has 8 heteroatoms. The van der Waals surface area contributed by atoms with Crippen molar-refractivity contribution in [1.82, 2.24) is 24.7 Å². The molecule has 1 fully saturated rings. The normalized spacial score (nSPS) is 15.9. The van der Waals surface area contributed by atoms with Gasteiger partial charge < -0.3 is 10.5 Å². The molecule has 0 radical (unpaired) electrons. The van der Waals surface area contributed by atoms with E-state index in [1.54, 1.807) is 11.3 Å². The van der Waals surface area contributed by atoms with Gasteiger partial charge in [-0.3, -0.25) is 0 Å². The second-order valence-electron chi connectivity index (χ2n) is 6.51. The number of hydrogen-bond donors (Lipinski definition) is 1. The smallest absolute Gasteiger partial charge is 0.164 e. The molecular formula is C18H18N6OS. The van der Waals surface area contributed by atoms with Crippen LogP contribution in [0.25, 0.3) is 32.5 Å². The van der Waals surface area contributed by atoms with Crippen molar-refractivity contribution in [2.45, 2.75) is 25.8 Å². The Hall–Kier alpha value is -2.58. The average Bonchev–Trinajstić information content (AvgIpc) is 3.22. The lowest BCUT2D eigenvalue weighted by Crippen LogP contribution is -2.20. The summed E-state index contributed by atoms with van der Waals surface area (Å²) >= 11 is 1.68. The van der Waals surface area contributed by atoms with Crippen LogP contribution in [0.1, 0.15) is 23.9 Å². The zero-order valence-electron chi connectivity index (χ0n) is 14.3. The minimum absolute atomic E-state index is 0.267. The minimum atomic E-state index is 0.267. The van der Waals surface area contributed by atoms with E-state index in [0.29, 0.717) is 5.82 Å². The maximum Gasteiger partial charge on any atom is 0.164 e. The van der Waals surface area contributed by atoms with Gasteiger partial charge in [-0.1, -0.05) is 6.07 Å². The van der Waals surface area contributed by atoms with Gasteiger partial charge in [-0.2, -0.15) is 5.10 Å². The van der Waals surface area contributed by atoms with Crippen molar-refractivity contribution >= 4 is 38.4 Å². The number of anilines is 1. The van der Waals surface area contributed by atoms with Crippen molar-refractivity contribution in [2.75, 3.05) is 18.9 Å². The lowest BCUT2D eigenvalue weighted by Gasteiger charge is -2.22. The molecule has 7 nitrogen and oxygen atoms in total. The molecule has 0 spiro atoms. The summed E-state index contributed by atoms with van der Waals surface area (Å²) in [4.78, 5) is 13.2. The highest BCUT2D eigenvalue weighted by Gasteiger charge is 2.24. The molecule has 1 saturated heterocycles. The van der Waals surface area contributed by atoms with Crippen molar-refractivity contribution in [3.8, 4) is 11.3 Å². The van der Waals surface area contributed by atoms with Crippen LogP contribution in [0.5, 0.6) is 0 Å². The number of ether oxygens (including phenoxy) is 1. The Morgan fingerprint density at radius 1 is 1.23 bits per heavy atom. The minimum Gasteiger partial charge on any atom is -0.383 e. The first kappa shape index (κ1) is 15.7. The van der Waals surface area contributed by atoms with E-state index in [1.165, 1.54) is 6.33 Å². The highest BCUT2D eigenvalue weighted by molar-refractivity contribution is 7.18. The van der Waals surface area contributed by atoms with Crippen LogP contribution in [0.4, 0.5) is 5.82 Å². The highest BCUT2D eigenvalue weighted by Crippen LogP contribution is 2.35. The van der Waals surface area contributed by atoms with Crippen LogP contribution < -0.4 is 5.73 Å². The molecule has 2 N–H and O–H groups in total. The van der Waals surface area contributed by atoms with Crippen molar-refractivity contribution in [3.05, 3.63) is 29.5 Å². The Labute approximate surface area is 153 Å². The fourth-order valence-electron chi connectivity index (χ4n) is 3.57. The van der Waals surface area contributed by atoms with Crippen molar-refractivity contribution in [2.24, 2.45) is 0 Å². The van der Waals surface area contributed by atoms with Gasteiger partial charge in [-0.05, 0) is 31.9 Å². The van der Waals surface area contributed by atoms with Crippen LogP contribution >= 0.6 is 11.3 Å². The highest BCUT2D eigenvalue weighted by atomic mass is 32.1. The van der Waals surface area contributed by atoms with E-state index in [0.717, 1.165) is 63.6 Å². The van der Waals surface area contributed by atoms with Crippen molar-refractivity contribution in [1.29, 1.82) is 0 Å². The molecule has 4 heterocycles. The summed E-state index contributed by atoms with van der Waals surface area (Å²) in [5.41, 5.74) is 9.86. The van der Waals surface area contributed by atoms with Gasteiger partial charge in [0.15, 0.2) is 5.65 Å². The molecule has 1 aromatic carbocycles. The maximum absolute atomic E-state index is 6.22. The molecule has 0 bridgehead atoms. The number of fused-ring (bicyclic) bond motifs is 2. The summed E-state index contributed by atoms with van der Waals surface area (Å²) in [5.74, 6) is 0.462. The molecule has 0 saturated carbocycles. The van der Waals surface area contributed by atoms with E-state index >= 15 is 0 Å². The lowest BCUT2D eigenvalue weighted by atomic mass is 10.1. The summed E-state index contributed by atoms with van der Waals surface area (Å²) in [5, 5.41) is 6.79. The Morgan fingerprint density at radius 2 is 2.08 bits per heavy atom. The quantitative estimate of drug-likeness (QED) is 0.585. The van der Waals surface area contributed by atoms with E-state index < -0.39 is 0 Å². The van der Waals surface area contributed by atoms with E-state index in [-0.39, 0.29) is 6.04 Å². The molecule has 0 amide bonds. The Balaban J connectivity index is 1.73. The number of thiazole rings is 1. The van der Waals surface area contributed by atoms with Gasteiger partial charge in [0.25, 0.3) is 0 Å². The van der Waals surface area contributed by atoms with Gasteiger partial charge in [-0.25, -0.2) is 19.6 Å². The first-order chi connectivity index (χ1) is 12.7. The topological polar surface area (TPSA) is 91.7 Å². The van der Waals surface area contributed by atoms with Gasteiger partial charge in [-0.15, -0.1) is 11.3 Å². The van der Waals surface area contributed by atoms with Crippen LogP contribution in [-0.4, -0.2) is 37.9 Å². The van der Waals surface area contributed by atoms with E-state index in [9.17, 15) is 0 Å². The fourth-order valence-corrected chi connectivity index (χ4v) is 4.44. The molecule has 3 aromatic heterocycles. The number of nitrogen functional groups attached to an aromatic ring is 1. The first-order valence-corrected chi connectivity index (χ1v) is 9.46. The van der Waals surface area contributed by atoms with Crippen LogP contribution in [0, 0.1) is 6.92 Å². The van der Waals surface area contributed by atoms with Gasteiger partial charge >= 0.3 is 0 Å². The summed E-state index contributed by atoms with van der Waals surface area (Å²) < 4.78 is 8.64. The Kier molecular flexibility index (Phi) is 3.61. The van der Waals surface area contributed by atoms with E-state index in [2.05, 4.69) is 21.0 Å². The number of aromatic nitrogens is 5. The Morgan fingerprint density at radius 3 is 2.92 bits per heavy atom. The molecule has 132 valence electrons. The van der Waals surface area contributed by atoms with Gasteiger partial charge in [0.2, 0.25) is 0 Å². The largest absolute Gasteiger partial charge is 0.383 e. The molecule has 0 unspecified atom stereocenters. The van der Waals surface area contributed by atoms with Crippen molar-refractivity contribution in [3.63, 3.8) is 0 Å². The van der Waals surface area contributed by atoms with Gasteiger partial charge in [0.05, 0.1) is 26.7 Å². The Bertz CT molecular complexity index is 1110. The maximum atomic E-state index is 6.22. The fraction of sp³-hybridized carbons (Fsp3) is 0.333. The second-order valence-corrected chi connectivity index (χ2v) is 7.74. The average molecular weight is 366 g/mol. The standard InChI is InChI=1S/C18H18N6OS/c1-10-22-13-3-2-11(8-14(13)26-10)16-15-17(19)20-9-21-18(15)24(23-16)12-4-6-25-7-5-12/h2-3,8-9,12H,4-7H2,1H3,(H2,19,20,21). The second kappa shape index (κ2) is 6.00. The third kappa shape index (κ3) is 2.45. The van der Waals surface area contributed by atoms with E-state index in [1.807, 2.05) is 23.7 Å². The number of nitrogens with two attached hydrogens (primary N) is 1. The molecule has 26 heavy (non-hydrogen) atoms. The predicted octanol–water partition coefficient (Wildman–Crippen LogP) is 3.35. The number of aryl methyl sites for hydroxylation is 1. The molecular weight excluding hydrogens is 348 g/mol. The lowest BCUT2D eigenvalue weighted by molar-refractivity contribution is 0.0674. The molecule has 0 aliphatic carbocycles. The summed E-state index contributed by atoms with van der Waals surface area (Å²) in [7, 11) is 0. The summed E-state index contributed by atoms with van der Waals surface area (Å²) in [6, 6.07) is 6.48. The molecule has 1 aliphatic heterocycles. The first-order valence-electron chi connectivity index (χ1n) is 8.65. The molecule has 5 rings (SSSR count). The molecule has 0 atom stereocenters. The van der Waals surface area contributed by atoms with Crippen LogP contribution in [0.15, 0.2) is 24.5 Å². The summed E-state index contributed by atoms with van der Waals surface area (Å²) in [6.45, 7) is 3.51. The molecule has 4 aromatic rings. The zero-order chi connectivity index (χ0) is 17.7. The molecule has 1 aliphatic rings. The monoisotopic (exact) mass is 366 g/mol. The number of nitrogens with zero attached hydrogens (tertiary/aromatic N) is 5. The van der Waals surface area contributed by atoms with Crippen molar-refractivity contribution < 1.29 is 4.74 Å². The third-order valence-electron chi connectivity index (χ3n) is 4.82. The summed E-state index contributed by atoms with van der Waals surface area (Å²) in [6.07, 6.45) is 3.36. The van der Waals surface area contributed by atoms with Gasteiger partial charge in [0.1, 0.15) is 17.8 Å². The van der Waals surface area contributed by atoms with Gasteiger partial charge in [0, 0.05) is 18.8 Å². The SMILES string of the molecule is Cc1nc2ccc(-c3nn(C4CCOCC4)c4ncnc(N)c34)cc2s1. The number of rotatable bonds is 2. The van der Waals surface area contributed by atoms with E-state index in [4.69, 9.17) is 15.6 Å². The van der Waals surface area contributed by atoms with Crippen LogP contribution in [0.3, 0.4) is 0 Å².